The second-order valence-electron chi connectivity index (χ2n) is 9.40. The fraction of sp³-hybridized carbons (Fsp3) is 0.276. The Balaban J connectivity index is 1.51. The zero-order valence-corrected chi connectivity index (χ0v) is 22.3. The van der Waals surface area contributed by atoms with E-state index >= 15 is 0 Å². The maximum atomic E-state index is 14.5. The maximum Gasteiger partial charge on any atom is 0.261 e. The summed E-state index contributed by atoms with van der Waals surface area (Å²) >= 11 is 0. The van der Waals surface area contributed by atoms with Gasteiger partial charge in [0.15, 0.2) is 0 Å². The maximum absolute atomic E-state index is 14.5. The predicted octanol–water partition coefficient (Wildman–Crippen LogP) is 4.77. The Labute approximate surface area is 223 Å². The first kappa shape index (κ1) is 27.3. The molecule has 1 N–H and O–H groups in total. The number of nitrogens with zero attached hydrogens (tertiary/aromatic N) is 2. The SMILES string of the molecule is C=CC(=O)N1CCN(C[C@@H](Oc2ccc(S(=O)(=O)Nc3ccccc3)cc2)c2ccc(C)c(F)c2)C[C@H]1C. The molecule has 7 nitrogen and oxygen atoms in total. The third-order valence-corrected chi connectivity index (χ3v) is 8.00. The van der Waals surface area contributed by atoms with Crippen molar-refractivity contribution in [2.24, 2.45) is 0 Å². The van der Waals surface area contributed by atoms with Gasteiger partial charge in [-0.15, -0.1) is 0 Å². The number of aryl methyl sites for hydroxylation is 1. The number of halogens is 1. The number of carbonyl (C=O) groups is 1. The molecule has 1 aliphatic heterocycles. The van der Waals surface area contributed by atoms with Crippen LogP contribution in [0.4, 0.5) is 10.1 Å². The molecule has 0 spiro atoms. The van der Waals surface area contributed by atoms with E-state index in [1.54, 1.807) is 54.3 Å². The molecular formula is C29H32FN3O4S. The first-order valence-electron chi connectivity index (χ1n) is 12.4. The van der Waals surface area contributed by atoms with Gasteiger partial charge in [-0.05, 0) is 73.5 Å². The number of rotatable bonds is 9. The van der Waals surface area contributed by atoms with E-state index in [1.807, 2.05) is 19.1 Å². The number of piperazine rings is 1. The minimum Gasteiger partial charge on any atom is -0.484 e. The molecule has 9 heteroatoms. The van der Waals surface area contributed by atoms with Gasteiger partial charge < -0.3 is 9.64 Å². The minimum atomic E-state index is -3.77. The highest BCUT2D eigenvalue weighted by Crippen LogP contribution is 2.27. The Morgan fingerprint density at radius 3 is 2.47 bits per heavy atom. The summed E-state index contributed by atoms with van der Waals surface area (Å²) in [5.41, 5.74) is 1.68. The second-order valence-corrected chi connectivity index (χ2v) is 11.1. The van der Waals surface area contributed by atoms with E-state index in [2.05, 4.69) is 16.2 Å². The van der Waals surface area contributed by atoms with E-state index in [0.717, 1.165) is 0 Å². The number of hydrogen-bond donors (Lipinski definition) is 1. The van der Waals surface area contributed by atoms with Gasteiger partial charge in [0.25, 0.3) is 10.0 Å². The first-order chi connectivity index (χ1) is 18.2. The summed E-state index contributed by atoms with van der Waals surface area (Å²) in [5, 5.41) is 0. The lowest BCUT2D eigenvalue weighted by Crippen LogP contribution is -2.54. The van der Waals surface area contributed by atoms with Crippen LogP contribution in [0.2, 0.25) is 0 Å². The zero-order valence-electron chi connectivity index (χ0n) is 21.5. The number of sulfonamides is 1. The quantitative estimate of drug-likeness (QED) is 0.398. The summed E-state index contributed by atoms with van der Waals surface area (Å²) in [6.07, 6.45) is 0.815. The van der Waals surface area contributed by atoms with Gasteiger partial charge in [-0.3, -0.25) is 14.4 Å². The molecule has 1 saturated heterocycles. The lowest BCUT2D eigenvalue weighted by atomic mass is 10.0. The van der Waals surface area contributed by atoms with Crippen LogP contribution < -0.4 is 9.46 Å². The van der Waals surface area contributed by atoms with Crippen molar-refractivity contribution in [2.75, 3.05) is 30.9 Å². The average molecular weight is 538 g/mol. The van der Waals surface area contributed by atoms with Gasteiger partial charge in [0.2, 0.25) is 5.91 Å². The lowest BCUT2D eigenvalue weighted by molar-refractivity contribution is -0.130. The molecular weight excluding hydrogens is 505 g/mol. The monoisotopic (exact) mass is 537 g/mol. The number of anilines is 1. The van der Waals surface area contributed by atoms with E-state index in [1.165, 1.54) is 24.3 Å². The number of amides is 1. The Morgan fingerprint density at radius 2 is 1.84 bits per heavy atom. The van der Waals surface area contributed by atoms with E-state index < -0.39 is 16.1 Å². The van der Waals surface area contributed by atoms with Crippen molar-refractivity contribution in [3.05, 3.63) is 102 Å². The van der Waals surface area contributed by atoms with Crippen molar-refractivity contribution in [2.45, 2.75) is 30.9 Å². The Hall–Kier alpha value is -3.69. The van der Waals surface area contributed by atoms with Crippen molar-refractivity contribution in [1.29, 1.82) is 0 Å². The zero-order chi connectivity index (χ0) is 27.3. The molecule has 0 aromatic heterocycles. The molecule has 1 heterocycles. The van der Waals surface area contributed by atoms with Gasteiger partial charge in [-0.1, -0.05) is 36.9 Å². The largest absolute Gasteiger partial charge is 0.484 e. The van der Waals surface area contributed by atoms with Crippen LogP contribution in [-0.2, 0) is 14.8 Å². The smallest absolute Gasteiger partial charge is 0.261 e. The summed E-state index contributed by atoms with van der Waals surface area (Å²) in [7, 11) is -3.77. The van der Waals surface area contributed by atoms with Crippen LogP contribution >= 0.6 is 0 Å². The summed E-state index contributed by atoms with van der Waals surface area (Å²) in [5.74, 6) is 0.0461. The fourth-order valence-electron chi connectivity index (χ4n) is 4.48. The van der Waals surface area contributed by atoms with Crippen LogP contribution in [0.3, 0.4) is 0 Å². The molecule has 3 aromatic carbocycles. The number of benzene rings is 3. The van der Waals surface area contributed by atoms with Crippen LogP contribution in [0.1, 0.15) is 24.2 Å². The molecule has 0 aliphatic carbocycles. The normalized spacial score (nSPS) is 17.0. The molecule has 200 valence electrons. The van der Waals surface area contributed by atoms with Gasteiger partial charge in [0, 0.05) is 37.9 Å². The third kappa shape index (κ3) is 6.59. The molecule has 2 atom stereocenters. The molecule has 1 amide bonds. The third-order valence-electron chi connectivity index (χ3n) is 6.60. The highest BCUT2D eigenvalue weighted by molar-refractivity contribution is 7.92. The van der Waals surface area contributed by atoms with E-state index in [4.69, 9.17) is 4.74 Å². The van der Waals surface area contributed by atoms with Gasteiger partial charge in [0.1, 0.15) is 17.7 Å². The summed E-state index contributed by atoms with van der Waals surface area (Å²) in [6.45, 7) is 9.57. The van der Waals surface area contributed by atoms with Crippen molar-refractivity contribution >= 4 is 21.6 Å². The lowest BCUT2D eigenvalue weighted by Gasteiger charge is -2.40. The van der Waals surface area contributed by atoms with E-state index in [9.17, 15) is 17.6 Å². The molecule has 0 unspecified atom stereocenters. The standard InChI is InChI=1S/C29H32FN3O4S/c1-4-29(34)33-17-16-32(19-22(33)3)20-28(23-11-10-21(2)27(30)18-23)37-25-12-14-26(15-13-25)38(35,36)31-24-8-6-5-7-9-24/h4-15,18,22,28,31H,1,16-17,19-20H2,2-3H3/t22-,28-/m1/s1. The van der Waals surface area contributed by atoms with Gasteiger partial charge in [-0.2, -0.15) is 0 Å². The molecule has 0 bridgehead atoms. The molecule has 0 saturated carbocycles. The van der Waals surface area contributed by atoms with Crippen molar-refractivity contribution in [3.8, 4) is 5.75 Å². The number of ether oxygens (including phenoxy) is 1. The van der Waals surface area contributed by atoms with Crippen molar-refractivity contribution < 1.29 is 22.3 Å². The molecule has 1 fully saturated rings. The van der Waals surface area contributed by atoms with Gasteiger partial charge in [0.05, 0.1) is 4.90 Å². The Kier molecular flexibility index (Phi) is 8.48. The Bertz CT molecular complexity index is 1380. The molecule has 1 aliphatic rings. The summed E-state index contributed by atoms with van der Waals surface area (Å²) in [4.78, 5) is 16.2. The number of hydrogen-bond acceptors (Lipinski definition) is 5. The highest BCUT2D eigenvalue weighted by Gasteiger charge is 2.29. The highest BCUT2D eigenvalue weighted by atomic mass is 32.2. The van der Waals surface area contributed by atoms with Crippen LogP contribution in [0.25, 0.3) is 0 Å². The van der Waals surface area contributed by atoms with E-state index in [0.29, 0.717) is 48.7 Å². The Morgan fingerprint density at radius 1 is 1.13 bits per heavy atom. The average Bonchev–Trinajstić information content (AvgIpc) is 2.90. The number of carbonyl (C=O) groups excluding carboxylic acids is 1. The van der Waals surface area contributed by atoms with Crippen molar-refractivity contribution in [1.82, 2.24) is 9.80 Å². The van der Waals surface area contributed by atoms with Crippen LogP contribution in [0.15, 0.2) is 90.3 Å². The first-order valence-corrected chi connectivity index (χ1v) is 13.9. The minimum absolute atomic E-state index is 0.00809. The van der Waals surface area contributed by atoms with Crippen LogP contribution in [0, 0.1) is 12.7 Å². The predicted molar refractivity (Wildman–Crippen MR) is 146 cm³/mol. The molecule has 38 heavy (non-hydrogen) atoms. The van der Waals surface area contributed by atoms with E-state index in [-0.39, 0.29) is 22.7 Å². The number of para-hydroxylation sites is 1. The fourth-order valence-corrected chi connectivity index (χ4v) is 5.54. The number of nitrogens with one attached hydrogen (secondary N) is 1. The second kappa shape index (κ2) is 11.8. The molecule has 3 aromatic rings. The molecule has 0 radical (unpaired) electrons. The van der Waals surface area contributed by atoms with Crippen LogP contribution in [-0.4, -0.2) is 56.3 Å². The molecule has 4 rings (SSSR count). The van der Waals surface area contributed by atoms with Gasteiger partial charge in [-0.25, -0.2) is 12.8 Å². The van der Waals surface area contributed by atoms with Crippen molar-refractivity contribution in [3.63, 3.8) is 0 Å². The summed E-state index contributed by atoms with van der Waals surface area (Å²) < 4.78 is 48.9. The van der Waals surface area contributed by atoms with Crippen LogP contribution in [0.5, 0.6) is 5.75 Å². The topological polar surface area (TPSA) is 79.0 Å². The summed E-state index contributed by atoms with van der Waals surface area (Å²) in [6, 6.07) is 19.8. The van der Waals surface area contributed by atoms with Gasteiger partial charge >= 0.3 is 0 Å².